The summed E-state index contributed by atoms with van der Waals surface area (Å²) in [5.41, 5.74) is 0.154. The minimum Gasteiger partial charge on any atom is -0.497 e. The SMILES string of the molecule is COc1ccc(-n2c(C(=O)N(C)C)c(OC(=O)C(C)C)c(OC(=O)C(C)C)c2C(=O)N(C)CCN(C)C)cc1. The van der Waals surface area contributed by atoms with Crippen molar-refractivity contribution >= 4 is 23.8 Å². The number of hydrogen-bond acceptors (Lipinski definition) is 8. The lowest BCUT2D eigenvalue weighted by Crippen LogP contribution is -2.35. The van der Waals surface area contributed by atoms with Crippen molar-refractivity contribution in [2.45, 2.75) is 27.7 Å². The number of likely N-dealkylation sites (N-methyl/N-ethyl adjacent to an activating group) is 2. The zero-order valence-corrected chi connectivity index (χ0v) is 24.5. The fourth-order valence-electron chi connectivity index (χ4n) is 3.38. The van der Waals surface area contributed by atoms with E-state index in [0.717, 1.165) is 0 Å². The molecule has 11 heteroatoms. The number of methoxy groups -OCH3 is 1. The summed E-state index contributed by atoms with van der Waals surface area (Å²) >= 11 is 0. The average molecular weight is 545 g/mol. The minimum absolute atomic E-state index is 0.118. The Labute approximate surface area is 230 Å². The Bertz CT molecular complexity index is 1200. The van der Waals surface area contributed by atoms with Crippen molar-refractivity contribution in [3.05, 3.63) is 35.7 Å². The number of hydrogen-bond donors (Lipinski definition) is 0. The zero-order valence-electron chi connectivity index (χ0n) is 24.5. The first-order chi connectivity index (χ1) is 18.2. The molecule has 0 aliphatic heterocycles. The highest BCUT2D eigenvalue weighted by atomic mass is 16.6. The molecule has 214 valence electrons. The van der Waals surface area contributed by atoms with Crippen LogP contribution in [0.4, 0.5) is 0 Å². The molecule has 1 aromatic carbocycles. The summed E-state index contributed by atoms with van der Waals surface area (Å²) in [5.74, 6) is -3.55. The second-order valence-corrected chi connectivity index (χ2v) is 10.3. The van der Waals surface area contributed by atoms with E-state index in [1.165, 1.54) is 35.6 Å². The largest absolute Gasteiger partial charge is 0.497 e. The van der Waals surface area contributed by atoms with Crippen molar-refractivity contribution < 1.29 is 33.4 Å². The van der Waals surface area contributed by atoms with Crippen molar-refractivity contribution in [1.29, 1.82) is 0 Å². The monoisotopic (exact) mass is 544 g/mol. The molecule has 11 nitrogen and oxygen atoms in total. The van der Waals surface area contributed by atoms with Gasteiger partial charge < -0.3 is 28.9 Å². The lowest BCUT2D eigenvalue weighted by Gasteiger charge is -2.22. The van der Waals surface area contributed by atoms with Crippen molar-refractivity contribution in [1.82, 2.24) is 19.3 Å². The van der Waals surface area contributed by atoms with Crippen molar-refractivity contribution in [3.63, 3.8) is 0 Å². The molecule has 1 heterocycles. The Morgan fingerprint density at radius 2 is 1.21 bits per heavy atom. The highest BCUT2D eigenvalue weighted by Crippen LogP contribution is 2.42. The van der Waals surface area contributed by atoms with Gasteiger partial charge >= 0.3 is 11.9 Å². The predicted molar refractivity (Wildman–Crippen MR) is 147 cm³/mol. The first kappa shape index (κ1) is 31.4. The van der Waals surface area contributed by atoms with Crippen molar-refractivity contribution in [2.75, 3.05) is 55.4 Å². The molecule has 0 saturated carbocycles. The number of carbonyl (C=O) groups excluding carboxylic acids is 4. The minimum atomic E-state index is -0.656. The van der Waals surface area contributed by atoms with E-state index < -0.39 is 35.6 Å². The van der Waals surface area contributed by atoms with Crippen LogP contribution in [0.3, 0.4) is 0 Å². The smallest absolute Gasteiger partial charge is 0.313 e. The number of amides is 2. The van der Waals surface area contributed by atoms with Gasteiger partial charge in [0.2, 0.25) is 11.5 Å². The van der Waals surface area contributed by atoms with Gasteiger partial charge in [0.1, 0.15) is 5.75 Å². The molecule has 0 aliphatic rings. The van der Waals surface area contributed by atoms with E-state index in [-0.39, 0.29) is 22.9 Å². The van der Waals surface area contributed by atoms with E-state index in [4.69, 9.17) is 14.2 Å². The lowest BCUT2D eigenvalue weighted by atomic mass is 10.2. The van der Waals surface area contributed by atoms with Crippen LogP contribution < -0.4 is 14.2 Å². The van der Waals surface area contributed by atoms with Crippen LogP contribution >= 0.6 is 0 Å². The highest BCUT2D eigenvalue weighted by Gasteiger charge is 2.38. The summed E-state index contributed by atoms with van der Waals surface area (Å²) in [6, 6.07) is 6.65. The first-order valence-electron chi connectivity index (χ1n) is 12.7. The van der Waals surface area contributed by atoms with E-state index in [1.807, 2.05) is 19.0 Å². The maximum atomic E-state index is 14.0. The third kappa shape index (κ3) is 7.38. The molecule has 0 atom stereocenters. The van der Waals surface area contributed by atoms with Gasteiger partial charge in [-0.2, -0.15) is 0 Å². The van der Waals surface area contributed by atoms with Gasteiger partial charge in [0.05, 0.1) is 18.9 Å². The van der Waals surface area contributed by atoms with E-state index in [2.05, 4.69) is 0 Å². The number of rotatable bonds is 11. The van der Waals surface area contributed by atoms with Gasteiger partial charge in [-0.15, -0.1) is 0 Å². The molecular formula is C28H40N4O7. The van der Waals surface area contributed by atoms with Gasteiger partial charge in [0, 0.05) is 39.9 Å². The summed E-state index contributed by atoms with van der Waals surface area (Å²) in [7, 11) is 9.96. The predicted octanol–water partition coefficient (Wildman–Crippen LogP) is 2.94. The van der Waals surface area contributed by atoms with Gasteiger partial charge in [-0.3, -0.25) is 23.7 Å². The fraction of sp³-hybridized carbons (Fsp3) is 0.500. The lowest BCUT2D eigenvalue weighted by molar-refractivity contribution is -0.140. The number of aromatic nitrogens is 1. The Balaban J connectivity index is 3.03. The molecule has 1 aromatic heterocycles. The van der Waals surface area contributed by atoms with Crippen LogP contribution in [0.25, 0.3) is 5.69 Å². The maximum Gasteiger partial charge on any atom is 0.313 e. The second kappa shape index (κ2) is 13.3. The number of nitrogens with zero attached hydrogens (tertiary/aromatic N) is 4. The average Bonchev–Trinajstić information content (AvgIpc) is 3.18. The van der Waals surface area contributed by atoms with Crippen LogP contribution in [0.1, 0.15) is 48.7 Å². The zero-order chi connectivity index (χ0) is 29.6. The molecule has 39 heavy (non-hydrogen) atoms. The summed E-state index contributed by atoms with van der Waals surface area (Å²) in [6.45, 7) is 7.45. The van der Waals surface area contributed by atoms with Gasteiger partial charge in [-0.25, -0.2) is 0 Å². The molecule has 0 spiro atoms. The summed E-state index contributed by atoms with van der Waals surface area (Å²) in [5, 5.41) is 0. The van der Waals surface area contributed by atoms with E-state index >= 15 is 0 Å². The molecule has 2 amide bonds. The molecule has 0 aliphatic carbocycles. The van der Waals surface area contributed by atoms with Gasteiger partial charge in [-0.1, -0.05) is 27.7 Å². The van der Waals surface area contributed by atoms with Crippen LogP contribution in [0.2, 0.25) is 0 Å². The molecule has 0 unspecified atom stereocenters. The van der Waals surface area contributed by atoms with E-state index in [1.54, 1.807) is 59.0 Å². The number of carbonyl (C=O) groups is 4. The summed E-state index contributed by atoms with van der Waals surface area (Å²) in [4.78, 5) is 58.1. The molecule has 2 rings (SSSR count). The third-order valence-electron chi connectivity index (χ3n) is 5.80. The van der Waals surface area contributed by atoms with Crippen molar-refractivity contribution in [3.8, 4) is 22.9 Å². The Morgan fingerprint density at radius 3 is 1.59 bits per heavy atom. The number of benzene rings is 1. The summed E-state index contributed by atoms with van der Waals surface area (Å²) in [6.07, 6.45) is 0. The van der Waals surface area contributed by atoms with Crippen molar-refractivity contribution in [2.24, 2.45) is 11.8 Å². The van der Waals surface area contributed by atoms with E-state index in [0.29, 0.717) is 24.5 Å². The Hall–Kier alpha value is -3.86. The quantitative estimate of drug-likeness (QED) is 0.397. The van der Waals surface area contributed by atoms with Crippen LogP contribution in [0.5, 0.6) is 17.2 Å². The Kier molecular flexibility index (Phi) is 10.7. The van der Waals surface area contributed by atoms with Crippen LogP contribution in [0, 0.1) is 11.8 Å². The van der Waals surface area contributed by atoms with Gasteiger partial charge in [0.25, 0.3) is 11.8 Å². The molecule has 2 aromatic rings. The van der Waals surface area contributed by atoms with Gasteiger partial charge in [0.15, 0.2) is 11.4 Å². The third-order valence-corrected chi connectivity index (χ3v) is 5.80. The van der Waals surface area contributed by atoms with E-state index in [9.17, 15) is 19.2 Å². The standard InChI is InChI=1S/C28H40N4O7/c1-17(2)27(35)38-23-21(25(33)30(7)8)32(19-11-13-20(37-10)14-12-19)22(24(23)39-28(36)18(3)4)26(34)31(9)16-15-29(5)6/h11-14,17-18H,15-16H2,1-10H3. The number of ether oxygens (including phenoxy) is 3. The maximum absolute atomic E-state index is 14.0. The van der Waals surface area contributed by atoms with Crippen LogP contribution in [0.15, 0.2) is 24.3 Å². The molecule has 0 radical (unpaired) electrons. The summed E-state index contributed by atoms with van der Waals surface area (Å²) < 4.78 is 18.1. The van der Waals surface area contributed by atoms with Crippen LogP contribution in [-0.4, -0.2) is 98.5 Å². The fourth-order valence-corrected chi connectivity index (χ4v) is 3.38. The normalized spacial score (nSPS) is 11.1. The molecule has 0 saturated heterocycles. The highest BCUT2D eigenvalue weighted by molar-refractivity contribution is 6.05. The van der Waals surface area contributed by atoms with Crippen LogP contribution in [-0.2, 0) is 9.59 Å². The second-order valence-electron chi connectivity index (χ2n) is 10.3. The molecule has 0 bridgehead atoms. The molecule has 0 N–H and O–H groups in total. The first-order valence-corrected chi connectivity index (χ1v) is 12.7. The number of esters is 2. The molecule has 0 fully saturated rings. The van der Waals surface area contributed by atoms with Gasteiger partial charge in [-0.05, 0) is 38.4 Å². The topological polar surface area (TPSA) is 111 Å². The molecular weight excluding hydrogens is 504 g/mol. The Morgan fingerprint density at radius 1 is 0.744 bits per heavy atom.